The maximum absolute atomic E-state index is 6.76. The summed E-state index contributed by atoms with van der Waals surface area (Å²) in [6.07, 6.45) is 16.0. The third kappa shape index (κ3) is 3.35. The summed E-state index contributed by atoms with van der Waals surface area (Å²) < 4.78 is 0. The fourth-order valence-corrected chi connectivity index (χ4v) is 4.21. The quantitative estimate of drug-likeness (QED) is 0.797. The van der Waals surface area contributed by atoms with Crippen LogP contribution in [0.1, 0.15) is 57.4 Å². The van der Waals surface area contributed by atoms with Crippen LogP contribution in [0.5, 0.6) is 0 Å². The molecular formula is C21H29N. The molecule has 1 unspecified atom stereocenters. The number of benzene rings is 1. The highest BCUT2D eigenvalue weighted by Gasteiger charge is 2.35. The lowest BCUT2D eigenvalue weighted by molar-refractivity contribution is 0.198. The molecule has 2 aliphatic carbocycles. The van der Waals surface area contributed by atoms with E-state index in [0.29, 0.717) is 5.92 Å². The summed E-state index contributed by atoms with van der Waals surface area (Å²) >= 11 is 0. The molecule has 0 bridgehead atoms. The molecule has 3 rings (SSSR count). The van der Waals surface area contributed by atoms with Gasteiger partial charge >= 0.3 is 0 Å². The molecule has 118 valence electrons. The first-order chi connectivity index (χ1) is 10.7. The highest BCUT2D eigenvalue weighted by molar-refractivity contribution is 5.75. The molecule has 1 aromatic carbocycles. The summed E-state index contributed by atoms with van der Waals surface area (Å²) in [6.45, 7) is 2.30. The first-order valence-electron chi connectivity index (χ1n) is 8.95. The van der Waals surface area contributed by atoms with Crippen molar-refractivity contribution in [2.75, 3.05) is 0 Å². The van der Waals surface area contributed by atoms with Gasteiger partial charge in [0.05, 0.1) is 0 Å². The van der Waals surface area contributed by atoms with Gasteiger partial charge in [-0.15, -0.1) is 0 Å². The summed E-state index contributed by atoms with van der Waals surface area (Å²) in [5, 5.41) is 0. The van der Waals surface area contributed by atoms with Crippen LogP contribution in [0.4, 0.5) is 0 Å². The first kappa shape index (κ1) is 15.6. The van der Waals surface area contributed by atoms with Crippen molar-refractivity contribution in [1.29, 1.82) is 0 Å². The molecule has 1 aromatic rings. The predicted octanol–water partition coefficient (Wildman–Crippen LogP) is 5.33. The normalized spacial score (nSPS) is 31.8. The lowest BCUT2D eigenvalue weighted by atomic mass is 9.68. The molecule has 1 atom stereocenters. The first-order valence-corrected chi connectivity index (χ1v) is 8.95. The van der Waals surface area contributed by atoms with Crippen LogP contribution in [0, 0.1) is 11.8 Å². The maximum atomic E-state index is 6.76. The Morgan fingerprint density at radius 2 is 1.82 bits per heavy atom. The Balaban J connectivity index is 1.63. The molecule has 0 aliphatic heterocycles. The van der Waals surface area contributed by atoms with Gasteiger partial charge in [-0.3, -0.25) is 0 Å². The van der Waals surface area contributed by atoms with Crippen LogP contribution in [-0.2, 0) is 0 Å². The van der Waals surface area contributed by atoms with Gasteiger partial charge in [0.15, 0.2) is 0 Å². The van der Waals surface area contributed by atoms with Crippen molar-refractivity contribution in [3.63, 3.8) is 0 Å². The topological polar surface area (TPSA) is 26.0 Å². The van der Waals surface area contributed by atoms with E-state index >= 15 is 0 Å². The van der Waals surface area contributed by atoms with E-state index in [1.807, 2.05) is 0 Å². The largest absolute Gasteiger partial charge is 0.321 e. The molecule has 0 radical (unpaired) electrons. The Bertz CT molecular complexity index is 534. The van der Waals surface area contributed by atoms with Gasteiger partial charge in [0, 0.05) is 5.54 Å². The molecule has 1 nitrogen and oxygen atoms in total. The standard InChI is InChI=1S/C21H29N/c1-2-6-17-9-11-20(12-10-17)21(22)15-13-19(14-16-21)18-7-4-3-5-8-18/h3-5,7-8,13-15,17,20H,2,6,9-12,16,22H2,1H3. The minimum Gasteiger partial charge on any atom is -0.321 e. The van der Waals surface area contributed by atoms with Gasteiger partial charge < -0.3 is 5.73 Å². The molecular weight excluding hydrogens is 266 g/mol. The van der Waals surface area contributed by atoms with Crippen molar-refractivity contribution in [1.82, 2.24) is 0 Å². The summed E-state index contributed by atoms with van der Waals surface area (Å²) in [7, 11) is 0. The highest BCUT2D eigenvalue weighted by Crippen LogP contribution is 2.40. The third-order valence-electron chi connectivity index (χ3n) is 5.66. The van der Waals surface area contributed by atoms with Crippen molar-refractivity contribution < 1.29 is 0 Å². The Morgan fingerprint density at radius 1 is 1.09 bits per heavy atom. The average Bonchev–Trinajstić information content (AvgIpc) is 2.57. The summed E-state index contributed by atoms with van der Waals surface area (Å²) in [5.74, 6) is 1.61. The van der Waals surface area contributed by atoms with E-state index in [4.69, 9.17) is 5.73 Å². The second kappa shape index (κ2) is 6.83. The number of hydrogen-bond acceptors (Lipinski definition) is 1. The van der Waals surface area contributed by atoms with Gasteiger partial charge in [-0.1, -0.05) is 81.2 Å². The molecule has 1 saturated carbocycles. The van der Waals surface area contributed by atoms with E-state index in [9.17, 15) is 0 Å². The zero-order chi connectivity index (χ0) is 15.4. The second-order valence-corrected chi connectivity index (χ2v) is 7.18. The molecule has 0 amide bonds. The van der Waals surface area contributed by atoms with E-state index in [0.717, 1.165) is 12.3 Å². The molecule has 2 N–H and O–H groups in total. The van der Waals surface area contributed by atoms with Gasteiger partial charge in [-0.2, -0.15) is 0 Å². The van der Waals surface area contributed by atoms with Crippen molar-refractivity contribution in [3.05, 3.63) is 54.1 Å². The average molecular weight is 295 g/mol. The van der Waals surface area contributed by atoms with E-state index in [1.165, 1.54) is 49.7 Å². The van der Waals surface area contributed by atoms with Crippen LogP contribution in [0.15, 0.2) is 48.6 Å². The van der Waals surface area contributed by atoms with Crippen molar-refractivity contribution in [2.45, 2.75) is 57.4 Å². The van der Waals surface area contributed by atoms with Gasteiger partial charge in [0.1, 0.15) is 0 Å². The predicted molar refractivity (Wildman–Crippen MR) is 95.5 cm³/mol. The van der Waals surface area contributed by atoms with Crippen LogP contribution >= 0.6 is 0 Å². The number of rotatable bonds is 4. The molecule has 1 heteroatoms. The SMILES string of the molecule is CCCC1CCC(C2(N)C=CC(c3ccccc3)=CC2)CC1. The Labute approximate surface area is 135 Å². The monoisotopic (exact) mass is 295 g/mol. The number of hydrogen-bond donors (Lipinski definition) is 1. The van der Waals surface area contributed by atoms with Gasteiger partial charge in [0.25, 0.3) is 0 Å². The van der Waals surface area contributed by atoms with E-state index in [-0.39, 0.29) is 5.54 Å². The summed E-state index contributed by atoms with van der Waals surface area (Å²) in [4.78, 5) is 0. The number of nitrogens with two attached hydrogens (primary N) is 1. The zero-order valence-corrected chi connectivity index (χ0v) is 13.8. The van der Waals surface area contributed by atoms with E-state index < -0.39 is 0 Å². The molecule has 2 aliphatic rings. The van der Waals surface area contributed by atoms with Crippen molar-refractivity contribution in [2.24, 2.45) is 17.6 Å². The van der Waals surface area contributed by atoms with Crippen LogP contribution in [0.2, 0.25) is 0 Å². The second-order valence-electron chi connectivity index (χ2n) is 7.18. The minimum absolute atomic E-state index is 0.116. The van der Waals surface area contributed by atoms with Crippen LogP contribution in [0.25, 0.3) is 5.57 Å². The van der Waals surface area contributed by atoms with Gasteiger partial charge in [-0.05, 0) is 42.2 Å². The van der Waals surface area contributed by atoms with Crippen molar-refractivity contribution in [3.8, 4) is 0 Å². The molecule has 0 spiro atoms. The summed E-state index contributed by atoms with van der Waals surface area (Å²) in [5.41, 5.74) is 9.27. The summed E-state index contributed by atoms with van der Waals surface area (Å²) in [6, 6.07) is 10.6. The lowest BCUT2D eigenvalue weighted by Crippen LogP contribution is -2.47. The Kier molecular flexibility index (Phi) is 4.83. The van der Waals surface area contributed by atoms with E-state index in [2.05, 4.69) is 55.5 Å². The molecule has 0 heterocycles. The van der Waals surface area contributed by atoms with Crippen LogP contribution < -0.4 is 5.73 Å². The van der Waals surface area contributed by atoms with Crippen molar-refractivity contribution >= 4 is 5.57 Å². The fourth-order valence-electron chi connectivity index (χ4n) is 4.21. The Morgan fingerprint density at radius 3 is 2.41 bits per heavy atom. The maximum Gasteiger partial charge on any atom is 0.0406 e. The van der Waals surface area contributed by atoms with Gasteiger partial charge in [0.2, 0.25) is 0 Å². The van der Waals surface area contributed by atoms with Crippen LogP contribution in [-0.4, -0.2) is 5.54 Å². The Hall–Kier alpha value is -1.34. The third-order valence-corrected chi connectivity index (χ3v) is 5.66. The minimum atomic E-state index is -0.116. The zero-order valence-electron chi connectivity index (χ0n) is 13.8. The fraction of sp³-hybridized carbons (Fsp3) is 0.524. The van der Waals surface area contributed by atoms with Gasteiger partial charge in [-0.25, -0.2) is 0 Å². The smallest absolute Gasteiger partial charge is 0.0406 e. The van der Waals surface area contributed by atoms with Crippen LogP contribution in [0.3, 0.4) is 0 Å². The molecule has 22 heavy (non-hydrogen) atoms. The highest BCUT2D eigenvalue weighted by atomic mass is 14.8. The molecule has 0 saturated heterocycles. The lowest BCUT2D eigenvalue weighted by Gasteiger charge is -2.40. The number of allylic oxidation sites excluding steroid dienone is 2. The van der Waals surface area contributed by atoms with E-state index in [1.54, 1.807) is 0 Å². The molecule has 0 aromatic heterocycles. The molecule has 1 fully saturated rings.